The Labute approximate surface area is 157 Å². The molecule has 1 fully saturated rings. The van der Waals surface area contributed by atoms with Crippen LogP contribution in [0.3, 0.4) is 0 Å². The molecular weight excluding hydrogens is 344 g/mol. The zero-order chi connectivity index (χ0) is 18.8. The van der Waals surface area contributed by atoms with E-state index in [1.165, 1.54) is 12.8 Å². The molecule has 1 amide bonds. The normalized spacial score (nSPS) is 18.1. The maximum Gasteiger partial charge on any atom is 0.259 e. The van der Waals surface area contributed by atoms with Crippen molar-refractivity contribution in [1.82, 2.24) is 20.4 Å². The van der Waals surface area contributed by atoms with E-state index in [-0.39, 0.29) is 5.91 Å². The van der Waals surface area contributed by atoms with Crippen molar-refractivity contribution in [2.45, 2.75) is 26.7 Å². The van der Waals surface area contributed by atoms with E-state index in [1.54, 1.807) is 24.5 Å². The number of pyridine rings is 1. The first-order valence-corrected chi connectivity index (χ1v) is 9.43. The number of carbonyl (C=O) groups excluding carboxylic acids is 1. The largest absolute Gasteiger partial charge is 0.463 e. The van der Waals surface area contributed by atoms with Crippen LogP contribution in [-0.2, 0) is 0 Å². The number of furan rings is 1. The molecule has 4 rings (SSSR count). The highest BCUT2D eigenvalue weighted by Gasteiger charge is 2.21. The van der Waals surface area contributed by atoms with E-state index in [0.717, 1.165) is 25.6 Å². The highest BCUT2D eigenvalue weighted by atomic mass is 16.5. The summed E-state index contributed by atoms with van der Waals surface area (Å²) >= 11 is 0. The van der Waals surface area contributed by atoms with E-state index in [4.69, 9.17) is 8.94 Å². The molecule has 0 bridgehead atoms. The number of aromatic nitrogens is 2. The maximum absolute atomic E-state index is 12.9. The van der Waals surface area contributed by atoms with Gasteiger partial charge in [-0.3, -0.25) is 4.79 Å². The molecule has 0 saturated carbocycles. The minimum Gasteiger partial charge on any atom is -0.463 e. The Morgan fingerprint density at radius 1 is 1.44 bits per heavy atom. The van der Waals surface area contributed by atoms with Crippen molar-refractivity contribution in [3.8, 4) is 11.5 Å². The lowest BCUT2D eigenvalue weighted by Crippen LogP contribution is -2.40. The third kappa shape index (κ3) is 3.73. The van der Waals surface area contributed by atoms with Crippen LogP contribution in [0.1, 0.15) is 35.8 Å². The first kappa shape index (κ1) is 17.7. The topological polar surface area (TPSA) is 84.4 Å². The molecule has 7 heteroatoms. The van der Waals surface area contributed by atoms with Crippen molar-refractivity contribution in [3.05, 3.63) is 35.7 Å². The van der Waals surface area contributed by atoms with Crippen LogP contribution in [-0.4, -0.2) is 47.1 Å². The Hall–Kier alpha value is -2.67. The lowest BCUT2D eigenvalue weighted by molar-refractivity contribution is 0.0945. The summed E-state index contributed by atoms with van der Waals surface area (Å²) in [7, 11) is 0. The molecular formula is C20H24N4O3. The minimum atomic E-state index is -0.147. The Kier molecular flexibility index (Phi) is 4.94. The molecule has 3 aromatic heterocycles. The van der Waals surface area contributed by atoms with E-state index in [0.29, 0.717) is 40.4 Å². The molecule has 0 radical (unpaired) electrons. The van der Waals surface area contributed by atoms with Crippen molar-refractivity contribution < 1.29 is 13.7 Å². The van der Waals surface area contributed by atoms with Gasteiger partial charge in [-0.2, -0.15) is 0 Å². The second-order valence-electron chi connectivity index (χ2n) is 7.28. The number of hydrogen-bond donors (Lipinski definition) is 1. The molecule has 1 atom stereocenters. The SMILES string of the molecule is Cc1noc2nc(-c3ccco3)cc(C(=O)NCCN3CCCC(C)C3)c12. The van der Waals surface area contributed by atoms with E-state index in [1.807, 2.05) is 6.92 Å². The summed E-state index contributed by atoms with van der Waals surface area (Å²) in [5.74, 6) is 1.17. The quantitative estimate of drug-likeness (QED) is 0.744. The predicted molar refractivity (Wildman–Crippen MR) is 101 cm³/mol. The summed E-state index contributed by atoms with van der Waals surface area (Å²) in [6.07, 6.45) is 4.10. The number of piperidine rings is 1. The molecule has 4 heterocycles. The molecule has 1 N–H and O–H groups in total. The number of hydrogen-bond acceptors (Lipinski definition) is 6. The van der Waals surface area contributed by atoms with Crippen molar-refractivity contribution in [2.75, 3.05) is 26.2 Å². The van der Waals surface area contributed by atoms with Crippen LogP contribution in [0, 0.1) is 12.8 Å². The first-order chi connectivity index (χ1) is 13.1. The van der Waals surface area contributed by atoms with Crippen LogP contribution in [0.15, 0.2) is 33.4 Å². The molecule has 1 aliphatic rings. The number of carbonyl (C=O) groups is 1. The van der Waals surface area contributed by atoms with Crippen LogP contribution >= 0.6 is 0 Å². The van der Waals surface area contributed by atoms with E-state index in [2.05, 4.69) is 27.3 Å². The van der Waals surface area contributed by atoms with Crippen LogP contribution in [0.2, 0.25) is 0 Å². The molecule has 1 aliphatic heterocycles. The number of amides is 1. The minimum absolute atomic E-state index is 0.147. The van der Waals surface area contributed by atoms with Gasteiger partial charge >= 0.3 is 0 Å². The summed E-state index contributed by atoms with van der Waals surface area (Å²) in [4.78, 5) is 19.7. The number of rotatable bonds is 5. The molecule has 3 aromatic rings. The van der Waals surface area contributed by atoms with E-state index in [9.17, 15) is 4.79 Å². The monoisotopic (exact) mass is 368 g/mol. The van der Waals surface area contributed by atoms with Gasteiger partial charge in [-0.15, -0.1) is 0 Å². The molecule has 0 aromatic carbocycles. The summed E-state index contributed by atoms with van der Waals surface area (Å²) in [6.45, 7) is 7.76. The second-order valence-corrected chi connectivity index (χ2v) is 7.28. The molecule has 1 unspecified atom stereocenters. The van der Waals surface area contributed by atoms with Gasteiger partial charge in [0, 0.05) is 19.6 Å². The summed E-state index contributed by atoms with van der Waals surface area (Å²) < 4.78 is 10.7. The second kappa shape index (κ2) is 7.52. The average molecular weight is 368 g/mol. The average Bonchev–Trinajstić information content (AvgIpc) is 3.31. The van der Waals surface area contributed by atoms with Crippen molar-refractivity contribution in [2.24, 2.45) is 5.92 Å². The van der Waals surface area contributed by atoms with Gasteiger partial charge in [-0.25, -0.2) is 4.98 Å². The summed E-state index contributed by atoms with van der Waals surface area (Å²) in [6, 6.07) is 5.33. The van der Waals surface area contributed by atoms with Crippen LogP contribution in [0.5, 0.6) is 0 Å². The molecule has 0 spiro atoms. The number of aryl methyl sites for hydroxylation is 1. The fourth-order valence-corrected chi connectivity index (χ4v) is 3.74. The van der Waals surface area contributed by atoms with Crippen LogP contribution in [0.4, 0.5) is 0 Å². The fraction of sp³-hybridized carbons (Fsp3) is 0.450. The van der Waals surface area contributed by atoms with Gasteiger partial charge in [-0.05, 0) is 50.4 Å². The van der Waals surface area contributed by atoms with E-state index < -0.39 is 0 Å². The van der Waals surface area contributed by atoms with Gasteiger partial charge in [0.15, 0.2) is 5.76 Å². The van der Waals surface area contributed by atoms with Crippen LogP contribution < -0.4 is 5.32 Å². The number of nitrogens with zero attached hydrogens (tertiary/aromatic N) is 3. The third-order valence-corrected chi connectivity index (χ3v) is 5.09. The number of fused-ring (bicyclic) bond motifs is 1. The predicted octanol–water partition coefficient (Wildman–Crippen LogP) is 3.25. The smallest absolute Gasteiger partial charge is 0.259 e. The summed E-state index contributed by atoms with van der Waals surface area (Å²) in [5.41, 5.74) is 2.06. The first-order valence-electron chi connectivity index (χ1n) is 9.43. The van der Waals surface area contributed by atoms with E-state index >= 15 is 0 Å². The lowest BCUT2D eigenvalue weighted by atomic mass is 10.0. The zero-order valence-electron chi connectivity index (χ0n) is 15.7. The van der Waals surface area contributed by atoms with Crippen LogP contribution in [0.25, 0.3) is 22.6 Å². The highest BCUT2D eigenvalue weighted by molar-refractivity contribution is 6.06. The van der Waals surface area contributed by atoms with Gasteiger partial charge in [-0.1, -0.05) is 12.1 Å². The molecule has 1 saturated heterocycles. The maximum atomic E-state index is 12.9. The number of nitrogens with one attached hydrogen (secondary N) is 1. The van der Waals surface area contributed by atoms with Crippen molar-refractivity contribution >= 4 is 17.0 Å². The molecule has 27 heavy (non-hydrogen) atoms. The van der Waals surface area contributed by atoms with Gasteiger partial charge in [0.05, 0.1) is 22.9 Å². The van der Waals surface area contributed by atoms with Crippen molar-refractivity contribution in [3.63, 3.8) is 0 Å². The molecule has 0 aliphatic carbocycles. The van der Waals surface area contributed by atoms with Gasteiger partial charge in [0.25, 0.3) is 11.6 Å². The van der Waals surface area contributed by atoms with Gasteiger partial charge in [0.2, 0.25) is 0 Å². The van der Waals surface area contributed by atoms with Gasteiger partial charge in [0.1, 0.15) is 5.69 Å². The Bertz CT molecular complexity index is 932. The molecule has 7 nitrogen and oxygen atoms in total. The third-order valence-electron chi connectivity index (χ3n) is 5.09. The molecule has 142 valence electrons. The fourth-order valence-electron chi connectivity index (χ4n) is 3.74. The zero-order valence-corrected chi connectivity index (χ0v) is 15.7. The Balaban J connectivity index is 1.53. The standard InChI is InChI=1S/C20H24N4O3/c1-13-5-3-8-24(12-13)9-7-21-19(25)15-11-16(17-6-4-10-26-17)22-20-18(15)14(2)23-27-20/h4,6,10-11,13H,3,5,7-9,12H2,1-2H3,(H,21,25). The Morgan fingerprint density at radius 3 is 3.11 bits per heavy atom. The van der Waals surface area contributed by atoms with Crippen molar-refractivity contribution in [1.29, 1.82) is 0 Å². The highest BCUT2D eigenvalue weighted by Crippen LogP contribution is 2.27. The lowest BCUT2D eigenvalue weighted by Gasteiger charge is -2.30. The van der Waals surface area contributed by atoms with Gasteiger partial charge < -0.3 is 19.2 Å². The Morgan fingerprint density at radius 2 is 2.33 bits per heavy atom. The number of likely N-dealkylation sites (tertiary alicyclic amines) is 1. The summed E-state index contributed by atoms with van der Waals surface area (Å²) in [5, 5.41) is 7.65.